The fourth-order valence-electron chi connectivity index (χ4n) is 1.98. The van der Waals surface area contributed by atoms with Crippen LogP contribution in [0.3, 0.4) is 0 Å². The van der Waals surface area contributed by atoms with Crippen molar-refractivity contribution < 1.29 is 0 Å². The summed E-state index contributed by atoms with van der Waals surface area (Å²) in [6, 6.07) is 9.98. The summed E-state index contributed by atoms with van der Waals surface area (Å²) in [5.74, 6) is 1.57. The summed E-state index contributed by atoms with van der Waals surface area (Å²) < 4.78 is 1.90. The van der Waals surface area contributed by atoms with Crippen LogP contribution >= 0.6 is 11.3 Å². The summed E-state index contributed by atoms with van der Waals surface area (Å²) in [5, 5.41) is 7.80. The first-order valence-electron chi connectivity index (χ1n) is 5.59. The van der Waals surface area contributed by atoms with Crippen LogP contribution < -0.4 is 5.32 Å². The minimum Gasteiger partial charge on any atom is -0.328 e. The smallest absolute Gasteiger partial charge is 0.226 e. The molecule has 1 aliphatic rings. The molecule has 0 amide bonds. The first-order chi connectivity index (χ1) is 8.92. The van der Waals surface area contributed by atoms with Gasteiger partial charge in [-0.2, -0.15) is 4.98 Å². The van der Waals surface area contributed by atoms with Crippen LogP contribution in [-0.2, 0) is 0 Å². The number of hydrogen-bond acceptors (Lipinski definition) is 5. The van der Waals surface area contributed by atoms with Crippen molar-refractivity contribution in [1.29, 1.82) is 0 Å². The number of anilines is 1. The van der Waals surface area contributed by atoms with Crippen LogP contribution in [0.5, 0.6) is 0 Å². The molecule has 0 spiro atoms. The van der Waals surface area contributed by atoms with E-state index in [1.807, 2.05) is 46.7 Å². The zero-order valence-electron chi connectivity index (χ0n) is 9.32. The highest BCUT2D eigenvalue weighted by Crippen LogP contribution is 2.34. The zero-order chi connectivity index (χ0) is 11.9. The van der Waals surface area contributed by atoms with E-state index in [0.717, 1.165) is 22.2 Å². The maximum Gasteiger partial charge on any atom is 0.226 e. The van der Waals surface area contributed by atoms with Crippen molar-refractivity contribution in [2.24, 2.45) is 0 Å². The molecule has 1 aromatic carbocycles. The van der Waals surface area contributed by atoms with Gasteiger partial charge in [-0.25, -0.2) is 4.68 Å². The summed E-state index contributed by atoms with van der Waals surface area (Å²) in [5.41, 5.74) is 2.86. The van der Waals surface area contributed by atoms with Crippen molar-refractivity contribution >= 4 is 17.3 Å². The average Bonchev–Trinajstić information content (AvgIpc) is 3.01. The second-order valence-electron chi connectivity index (χ2n) is 4.02. The Bertz CT molecular complexity index is 674. The van der Waals surface area contributed by atoms with Crippen LogP contribution in [0.1, 0.15) is 18.5 Å². The Hall–Kier alpha value is -2.21. The molecule has 0 fully saturated rings. The highest BCUT2D eigenvalue weighted by molar-refractivity contribution is 7.09. The highest BCUT2D eigenvalue weighted by atomic mass is 32.1. The van der Waals surface area contributed by atoms with Crippen molar-refractivity contribution in [3.63, 3.8) is 0 Å². The normalized spacial score (nSPS) is 15.9. The van der Waals surface area contributed by atoms with E-state index in [1.54, 1.807) is 11.3 Å². The van der Waals surface area contributed by atoms with E-state index in [2.05, 4.69) is 20.4 Å². The second kappa shape index (κ2) is 4.47. The minimum absolute atomic E-state index is 0. The van der Waals surface area contributed by atoms with Crippen LogP contribution in [0.2, 0.25) is 0 Å². The molecule has 0 saturated carbocycles. The predicted octanol–water partition coefficient (Wildman–Crippen LogP) is 3.01. The first kappa shape index (κ1) is 11.9. The Kier molecular flexibility index (Phi) is 2.79. The minimum atomic E-state index is 0. The molecule has 96 valence electrons. The lowest BCUT2D eigenvalue weighted by Gasteiger charge is -2.27. The number of thiazole rings is 1. The molecule has 19 heavy (non-hydrogen) atoms. The van der Waals surface area contributed by atoms with Gasteiger partial charge in [0.2, 0.25) is 5.95 Å². The van der Waals surface area contributed by atoms with Gasteiger partial charge in [0.25, 0.3) is 0 Å². The number of nitrogens with zero attached hydrogens (tertiary/aromatic N) is 4. The van der Waals surface area contributed by atoms with Gasteiger partial charge in [-0.1, -0.05) is 37.8 Å². The Morgan fingerprint density at radius 3 is 2.79 bits per heavy atom. The number of nitrogens with one attached hydrogen (secondary N) is 1. The Balaban J connectivity index is 0.00000110. The standard InChI is InChI=1S/C12H9N5S.CH4/c1-2-4-8(5-3-1)10-14-12-15-11(17(12)16-10)9-6-13-7-18-9;/h1-7,11H,(H,14,15,16);1H4. The number of benzene rings is 1. The fourth-order valence-corrected chi connectivity index (χ4v) is 2.63. The number of hydrogen-bond donors (Lipinski definition) is 1. The molecule has 2 aromatic heterocycles. The highest BCUT2D eigenvalue weighted by Gasteiger charge is 2.31. The summed E-state index contributed by atoms with van der Waals surface area (Å²) in [4.78, 5) is 9.68. The van der Waals surface area contributed by atoms with Crippen LogP contribution in [0, 0.1) is 0 Å². The lowest BCUT2D eigenvalue weighted by Crippen LogP contribution is -2.31. The van der Waals surface area contributed by atoms with Gasteiger partial charge in [-0.05, 0) is 0 Å². The topological polar surface area (TPSA) is 55.6 Å². The molecule has 0 saturated heterocycles. The summed E-state index contributed by atoms with van der Waals surface area (Å²) in [6.45, 7) is 0. The monoisotopic (exact) mass is 271 g/mol. The van der Waals surface area contributed by atoms with Crippen LogP contribution in [0.4, 0.5) is 5.95 Å². The molecule has 1 N–H and O–H groups in total. The lowest BCUT2D eigenvalue weighted by atomic mass is 10.2. The van der Waals surface area contributed by atoms with Crippen molar-refractivity contribution in [2.45, 2.75) is 13.6 Å². The second-order valence-corrected chi connectivity index (χ2v) is 4.94. The first-order valence-corrected chi connectivity index (χ1v) is 6.47. The fraction of sp³-hybridized carbons (Fsp3) is 0.154. The molecule has 0 aliphatic carbocycles. The Morgan fingerprint density at radius 2 is 2.05 bits per heavy atom. The molecule has 3 heterocycles. The van der Waals surface area contributed by atoms with E-state index in [9.17, 15) is 0 Å². The van der Waals surface area contributed by atoms with Crippen molar-refractivity contribution in [3.05, 3.63) is 46.9 Å². The number of fused-ring (bicyclic) bond motifs is 1. The SMILES string of the molecule is C.c1ccc(-c2nc3n(n2)C(c2cncs2)N3)cc1. The van der Waals surface area contributed by atoms with Crippen LogP contribution in [-0.4, -0.2) is 19.7 Å². The maximum atomic E-state index is 4.53. The molecule has 1 atom stereocenters. The van der Waals surface area contributed by atoms with Crippen LogP contribution in [0.15, 0.2) is 42.0 Å². The summed E-state index contributed by atoms with van der Waals surface area (Å²) in [6.07, 6.45) is 1.94. The maximum absolute atomic E-state index is 4.53. The molecule has 0 bridgehead atoms. The van der Waals surface area contributed by atoms with Gasteiger partial charge in [-0.15, -0.1) is 16.4 Å². The van der Waals surface area contributed by atoms with E-state index in [-0.39, 0.29) is 13.6 Å². The van der Waals surface area contributed by atoms with Crippen molar-refractivity contribution in [2.75, 3.05) is 5.32 Å². The Labute approximate surface area is 115 Å². The largest absolute Gasteiger partial charge is 0.328 e. The molecule has 1 aliphatic heterocycles. The van der Waals surface area contributed by atoms with Crippen molar-refractivity contribution in [1.82, 2.24) is 19.7 Å². The molecular formula is C13H13N5S. The lowest BCUT2D eigenvalue weighted by molar-refractivity contribution is 0.517. The van der Waals surface area contributed by atoms with E-state index in [0.29, 0.717) is 0 Å². The number of rotatable bonds is 2. The molecule has 1 unspecified atom stereocenters. The van der Waals surface area contributed by atoms with Crippen molar-refractivity contribution in [3.8, 4) is 11.4 Å². The van der Waals surface area contributed by atoms with Gasteiger partial charge in [0.1, 0.15) is 0 Å². The summed E-state index contributed by atoms with van der Waals surface area (Å²) >= 11 is 1.61. The predicted molar refractivity (Wildman–Crippen MR) is 76.1 cm³/mol. The third-order valence-corrected chi connectivity index (χ3v) is 3.72. The van der Waals surface area contributed by atoms with Gasteiger partial charge >= 0.3 is 0 Å². The van der Waals surface area contributed by atoms with Crippen LogP contribution in [0.25, 0.3) is 11.4 Å². The van der Waals surface area contributed by atoms with E-state index in [1.165, 1.54) is 0 Å². The zero-order valence-corrected chi connectivity index (χ0v) is 10.1. The van der Waals surface area contributed by atoms with Gasteiger partial charge in [0.15, 0.2) is 12.0 Å². The van der Waals surface area contributed by atoms with E-state index in [4.69, 9.17) is 0 Å². The third-order valence-electron chi connectivity index (χ3n) is 2.89. The Morgan fingerprint density at radius 1 is 1.21 bits per heavy atom. The van der Waals surface area contributed by atoms with Gasteiger partial charge in [-0.3, -0.25) is 4.98 Å². The average molecular weight is 271 g/mol. The molecule has 6 heteroatoms. The van der Waals surface area contributed by atoms with Gasteiger partial charge in [0, 0.05) is 11.8 Å². The van der Waals surface area contributed by atoms with Gasteiger partial charge < -0.3 is 5.32 Å². The quantitative estimate of drug-likeness (QED) is 0.778. The molecule has 3 aromatic rings. The molecule has 5 nitrogen and oxygen atoms in total. The molecular weight excluding hydrogens is 258 g/mol. The van der Waals surface area contributed by atoms with E-state index >= 15 is 0 Å². The summed E-state index contributed by atoms with van der Waals surface area (Å²) in [7, 11) is 0. The van der Waals surface area contributed by atoms with Gasteiger partial charge in [0.05, 0.1) is 10.4 Å². The number of aromatic nitrogens is 4. The molecule has 4 rings (SSSR count). The third kappa shape index (κ3) is 1.80. The molecule has 0 radical (unpaired) electrons. The van der Waals surface area contributed by atoms with E-state index < -0.39 is 0 Å².